The minimum atomic E-state index is -0.832. The van der Waals surface area contributed by atoms with Gasteiger partial charge < -0.3 is 11.1 Å². The molecule has 0 aliphatic heterocycles. The van der Waals surface area contributed by atoms with Crippen molar-refractivity contribution >= 4 is 39.3 Å². The van der Waals surface area contributed by atoms with Gasteiger partial charge in [0, 0.05) is 6.07 Å². The molecule has 7 heteroatoms. The van der Waals surface area contributed by atoms with Crippen molar-refractivity contribution in [3.63, 3.8) is 0 Å². The van der Waals surface area contributed by atoms with Crippen LogP contribution in [0.4, 0.5) is 14.5 Å². The van der Waals surface area contributed by atoms with Crippen molar-refractivity contribution in [3.05, 3.63) is 28.2 Å². The van der Waals surface area contributed by atoms with E-state index in [1.54, 1.807) is 11.8 Å². The van der Waals surface area contributed by atoms with Crippen LogP contribution in [0.1, 0.15) is 6.42 Å². The normalized spacial score (nSPS) is 12.3. The lowest BCUT2D eigenvalue weighted by Crippen LogP contribution is -2.36. The van der Waals surface area contributed by atoms with Crippen LogP contribution in [-0.2, 0) is 4.79 Å². The lowest BCUT2D eigenvalue weighted by Gasteiger charge is -2.12. The van der Waals surface area contributed by atoms with Gasteiger partial charge in [-0.1, -0.05) is 0 Å². The third-order valence-corrected chi connectivity index (χ3v) is 3.49. The Kier molecular flexibility index (Phi) is 6.04. The van der Waals surface area contributed by atoms with Crippen molar-refractivity contribution in [2.45, 2.75) is 12.5 Å². The van der Waals surface area contributed by atoms with E-state index in [1.165, 1.54) is 6.07 Å². The highest BCUT2D eigenvalue weighted by molar-refractivity contribution is 9.10. The molecule has 18 heavy (non-hydrogen) atoms. The summed E-state index contributed by atoms with van der Waals surface area (Å²) in [7, 11) is 0. The van der Waals surface area contributed by atoms with Crippen molar-refractivity contribution in [1.82, 2.24) is 0 Å². The Morgan fingerprint density at radius 2 is 2.17 bits per heavy atom. The van der Waals surface area contributed by atoms with Gasteiger partial charge in [0.2, 0.25) is 5.91 Å². The van der Waals surface area contributed by atoms with E-state index < -0.39 is 23.6 Å². The van der Waals surface area contributed by atoms with Crippen LogP contribution in [0.5, 0.6) is 0 Å². The molecule has 3 nitrogen and oxygen atoms in total. The summed E-state index contributed by atoms with van der Waals surface area (Å²) in [5, 5.41) is 2.34. The number of carbonyl (C=O) groups is 1. The van der Waals surface area contributed by atoms with Gasteiger partial charge in [-0.25, -0.2) is 8.78 Å². The third-order valence-electron chi connectivity index (χ3n) is 2.24. The number of nitrogens with one attached hydrogen (secondary N) is 1. The molecule has 100 valence electrons. The summed E-state index contributed by atoms with van der Waals surface area (Å²) in [5.74, 6) is -1.30. The summed E-state index contributed by atoms with van der Waals surface area (Å²) in [6.45, 7) is 0. The van der Waals surface area contributed by atoms with Crippen molar-refractivity contribution in [2.75, 3.05) is 17.3 Å². The van der Waals surface area contributed by atoms with Gasteiger partial charge in [-0.2, -0.15) is 11.8 Å². The quantitative estimate of drug-likeness (QED) is 0.811. The minimum absolute atomic E-state index is 0.0804. The van der Waals surface area contributed by atoms with Crippen LogP contribution in [0.3, 0.4) is 0 Å². The summed E-state index contributed by atoms with van der Waals surface area (Å²) in [4.78, 5) is 11.6. The second kappa shape index (κ2) is 7.06. The molecule has 0 saturated heterocycles. The van der Waals surface area contributed by atoms with E-state index in [9.17, 15) is 13.6 Å². The van der Waals surface area contributed by atoms with Crippen LogP contribution >= 0.6 is 27.7 Å². The Morgan fingerprint density at radius 1 is 1.50 bits per heavy atom. The molecule has 0 aliphatic carbocycles. The van der Waals surface area contributed by atoms with E-state index in [0.717, 1.165) is 5.75 Å². The van der Waals surface area contributed by atoms with E-state index >= 15 is 0 Å². The second-order valence-corrected chi connectivity index (χ2v) is 5.46. The number of nitrogens with two attached hydrogens (primary N) is 1. The SMILES string of the molecule is CSCC[C@H](N)C(=O)Nc1cc(Br)c(F)cc1F. The third kappa shape index (κ3) is 4.22. The smallest absolute Gasteiger partial charge is 0.241 e. The first-order valence-electron chi connectivity index (χ1n) is 5.15. The van der Waals surface area contributed by atoms with Gasteiger partial charge in [-0.15, -0.1) is 0 Å². The molecular formula is C11H13BrF2N2OS. The number of rotatable bonds is 5. The van der Waals surface area contributed by atoms with E-state index in [2.05, 4.69) is 21.2 Å². The fraction of sp³-hybridized carbons (Fsp3) is 0.364. The standard InChI is InChI=1S/C11H13BrF2N2OS/c1-18-3-2-9(15)11(17)16-10-4-6(12)7(13)5-8(10)14/h4-5,9H,2-3,15H2,1H3,(H,16,17)/t9-/m0/s1. The molecule has 0 aliphatic rings. The van der Waals surface area contributed by atoms with Crippen molar-refractivity contribution in [3.8, 4) is 0 Å². The average molecular weight is 339 g/mol. The molecule has 0 bridgehead atoms. The fourth-order valence-corrected chi connectivity index (χ4v) is 2.05. The predicted molar refractivity (Wildman–Crippen MR) is 73.7 cm³/mol. The molecule has 1 aromatic rings. The van der Waals surface area contributed by atoms with E-state index in [-0.39, 0.29) is 10.2 Å². The first-order valence-corrected chi connectivity index (χ1v) is 7.34. The maximum absolute atomic E-state index is 13.4. The molecule has 1 amide bonds. The minimum Gasteiger partial charge on any atom is -0.322 e. The molecule has 1 aromatic carbocycles. The first kappa shape index (κ1) is 15.4. The zero-order valence-electron chi connectivity index (χ0n) is 9.67. The van der Waals surface area contributed by atoms with Crippen LogP contribution in [0.25, 0.3) is 0 Å². The number of benzene rings is 1. The second-order valence-electron chi connectivity index (χ2n) is 3.62. The summed E-state index contributed by atoms with van der Waals surface area (Å²) in [5.41, 5.74) is 5.55. The topological polar surface area (TPSA) is 55.1 Å². The Morgan fingerprint density at radius 3 is 2.78 bits per heavy atom. The fourth-order valence-electron chi connectivity index (χ4n) is 1.22. The van der Waals surface area contributed by atoms with Crippen molar-refractivity contribution in [1.29, 1.82) is 0 Å². The number of anilines is 1. The molecule has 1 atom stereocenters. The zero-order valence-corrected chi connectivity index (χ0v) is 12.1. The summed E-state index contributed by atoms with van der Waals surface area (Å²) >= 11 is 4.49. The summed E-state index contributed by atoms with van der Waals surface area (Å²) < 4.78 is 26.5. The largest absolute Gasteiger partial charge is 0.322 e. The van der Waals surface area contributed by atoms with Gasteiger partial charge in [0.15, 0.2) is 0 Å². The maximum atomic E-state index is 13.4. The van der Waals surface area contributed by atoms with Crippen LogP contribution < -0.4 is 11.1 Å². The van der Waals surface area contributed by atoms with Gasteiger partial charge in [0.25, 0.3) is 0 Å². The average Bonchev–Trinajstić information content (AvgIpc) is 2.32. The predicted octanol–water partition coefficient (Wildman–Crippen LogP) is 2.75. The molecular weight excluding hydrogens is 326 g/mol. The molecule has 3 N–H and O–H groups in total. The monoisotopic (exact) mass is 338 g/mol. The number of halogens is 3. The number of carbonyl (C=O) groups excluding carboxylic acids is 1. The Balaban J connectivity index is 2.72. The highest BCUT2D eigenvalue weighted by Gasteiger charge is 2.16. The van der Waals surface area contributed by atoms with Gasteiger partial charge in [-0.05, 0) is 40.4 Å². The van der Waals surface area contributed by atoms with Gasteiger partial charge in [0.1, 0.15) is 11.6 Å². The summed E-state index contributed by atoms with van der Waals surface area (Å²) in [6, 6.07) is 1.16. The van der Waals surface area contributed by atoms with Crippen LogP contribution in [-0.4, -0.2) is 24.0 Å². The molecule has 1 rings (SSSR count). The molecule has 0 aromatic heterocycles. The highest BCUT2D eigenvalue weighted by atomic mass is 79.9. The maximum Gasteiger partial charge on any atom is 0.241 e. The molecule has 0 saturated carbocycles. The zero-order chi connectivity index (χ0) is 13.7. The Bertz CT molecular complexity index is 445. The molecule has 0 spiro atoms. The number of hydrogen-bond acceptors (Lipinski definition) is 3. The number of hydrogen-bond donors (Lipinski definition) is 2. The highest BCUT2D eigenvalue weighted by Crippen LogP contribution is 2.23. The van der Waals surface area contributed by atoms with E-state index in [0.29, 0.717) is 12.5 Å². The first-order chi connectivity index (χ1) is 8.45. The Hall–Kier alpha value is -0.660. The van der Waals surface area contributed by atoms with Crippen LogP contribution in [0, 0.1) is 11.6 Å². The lowest BCUT2D eigenvalue weighted by molar-refractivity contribution is -0.117. The van der Waals surface area contributed by atoms with E-state index in [1.807, 2.05) is 6.26 Å². The van der Waals surface area contributed by atoms with Gasteiger partial charge in [0.05, 0.1) is 16.2 Å². The van der Waals surface area contributed by atoms with Crippen LogP contribution in [0.15, 0.2) is 16.6 Å². The van der Waals surface area contributed by atoms with Crippen molar-refractivity contribution in [2.24, 2.45) is 5.73 Å². The molecule has 0 heterocycles. The van der Waals surface area contributed by atoms with Gasteiger partial charge in [-0.3, -0.25) is 4.79 Å². The van der Waals surface area contributed by atoms with Gasteiger partial charge >= 0.3 is 0 Å². The van der Waals surface area contributed by atoms with E-state index in [4.69, 9.17) is 5.73 Å². The lowest BCUT2D eigenvalue weighted by atomic mass is 10.2. The molecule has 0 unspecified atom stereocenters. The Labute approximate surface area is 117 Å². The number of amides is 1. The number of thioether (sulfide) groups is 1. The molecule has 0 radical (unpaired) electrons. The summed E-state index contributed by atoms with van der Waals surface area (Å²) in [6.07, 6.45) is 2.40. The van der Waals surface area contributed by atoms with Crippen molar-refractivity contribution < 1.29 is 13.6 Å². The molecule has 0 fully saturated rings. The van der Waals surface area contributed by atoms with Crippen LogP contribution in [0.2, 0.25) is 0 Å².